The Morgan fingerprint density at radius 1 is 1.04 bits per heavy atom. The normalized spacial score (nSPS) is 20.5. The molecule has 0 unspecified atom stereocenters. The van der Waals surface area contributed by atoms with Crippen molar-refractivity contribution in [2.75, 3.05) is 19.6 Å². The van der Waals surface area contributed by atoms with Gasteiger partial charge in [-0.05, 0) is 49.3 Å². The van der Waals surface area contributed by atoms with E-state index in [9.17, 15) is 13.2 Å². The molecule has 0 bridgehead atoms. The molecule has 150 valence electrons. The number of hydrogen-bond acceptors (Lipinski definition) is 3. The van der Waals surface area contributed by atoms with Gasteiger partial charge in [0.2, 0.25) is 15.9 Å². The number of amides is 1. The van der Waals surface area contributed by atoms with Gasteiger partial charge < -0.3 is 5.32 Å². The molecular weight excluding hydrogens is 428 g/mol. The zero-order chi connectivity index (χ0) is 19.3. The van der Waals surface area contributed by atoms with Crippen molar-refractivity contribution in [1.29, 1.82) is 0 Å². The molecule has 0 radical (unpaired) electrons. The van der Waals surface area contributed by atoms with Crippen LogP contribution in [-0.2, 0) is 20.6 Å². The maximum absolute atomic E-state index is 12.7. The molecule has 27 heavy (non-hydrogen) atoms. The van der Waals surface area contributed by atoms with Crippen LogP contribution in [0.3, 0.4) is 0 Å². The summed E-state index contributed by atoms with van der Waals surface area (Å²) in [7, 11) is -3.34. The second-order valence-electron chi connectivity index (χ2n) is 7.81. The maximum atomic E-state index is 12.7. The molecule has 0 atom stereocenters. The number of sulfonamides is 1. The summed E-state index contributed by atoms with van der Waals surface area (Å²) in [5, 5.41) is 3.11. The molecule has 1 amide bonds. The lowest BCUT2D eigenvalue weighted by atomic mass is 9.89. The molecule has 0 aromatic heterocycles. The number of piperidine rings is 1. The van der Waals surface area contributed by atoms with E-state index in [4.69, 9.17) is 0 Å². The van der Waals surface area contributed by atoms with Crippen LogP contribution in [0.1, 0.15) is 50.5 Å². The Kier molecular flexibility index (Phi) is 7.34. The van der Waals surface area contributed by atoms with Gasteiger partial charge in [0.1, 0.15) is 0 Å². The summed E-state index contributed by atoms with van der Waals surface area (Å²) in [6.45, 7) is 1.64. The molecular formula is C20H29BrN2O3S. The highest BCUT2D eigenvalue weighted by molar-refractivity contribution is 9.10. The number of nitrogens with one attached hydrogen (secondary N) is 1. The van der Waals surface area contributed by atoms with E-state index < -0.39 is 10.0 Å². The molecule has 1 heterocycles. The molecule has 2 aliphatic rings. The van der Waals surface area contributed by atoms with Crippen LogP contribution in [0, 0.1) is 11.8 Å². The SMILES string of the molecule is O=C(NCC1CCCCC1)C1CCN(S(=O)(=O)Cc2ccc(Br)cc2)CC1. The summed E-state index contributed by atoms with van der Waals surface area (Å²) in [6.07, 6.45) is 7.51. The third-order valence-electron chi connectivity index (χ3n) is 5.77. The highest BCUT2D eigenvalue weighted by Crippen LogP contribution is 2.25. The van der Waals surface area contributed by atoms with Crippen LogP contribution in [0.4, 0.5) is 0 Å². The Morgan fingerprint density at radius 3 is 2.30 bits per heavy atom. The van der Waals surface area contributed by atoms with Crippen LogP contribution >= 0.6 is 15.9 Å². The smallest absolute Gasteiger partial charge is 0.223 e. The fraction of sp³-hybridized carbons (Fsp3) is 0.650. The van der Waals surface area contributed by atoms with E-state index in [1.807, 2.05) is 24.3 Å². The van der Waals surface area contributed by atoms with Gasteiger partial charge in [-0.15, -0.1) is 0 Å². The van der Waals surface area contributed by atoms with Crippen molar-refractivity contribution < 1.29 is 13.2 Å². The molecule has 1 N–H and O–H groups in total. The average Bonchev–Trinajstić information content (AvgIpc) is 2.69. The summed E-state index contributed by atoms with van der Waals surface area (Å²) in [4.78, 5) is 12.4. The van der Waals surface area contributed by atoms with Crippen LogP contribution in [0.5, 0.6) is 0 Å². The molecule has 1 saturated heterocycles. The lowest BCUT2D eigenvalue weighted by Crippen LogP contribution is -2.44. The summed E-state index contributed by atoms with van der Waals surface area (Å²) >= 11 is 3.36. The minimum absolute atomic E-state index is 0.0127. The first-order valence-electron chi connectivity index (χ1n) is 9.94. The Balaban J connectivity index is 1.45. The second kappa shape index (κ2) is 9.52. The predicted octanol–water partition coefficient (Wildman–Crippen LogP) is 3.69. The number of benzene rings is 1. The Bertz CT molecular complexity index is 722. The first-order chi connectivity index (χ1) is 12.9. The van der Waals surface area contributed by atoms with E-state index in [2.05, 4.69) is 21.2 Å². The van der Waals surface area contributed by atoms with Crippen molar-refractivity contribution >= 4 is 31.9 Å². The standard InChI is InChI=1S/C20H29BrN2O3S/c21-19-8-6-17(7-9-19)15-27(25,26)23-12-10-18(11-13-23)20(24)22-14-16-4-2-1-3-5-16/h6-9,16,18H,1-5,10-15H2,(H,22,24). The van der Waals surface area contributed by atoms with Crippen LogP contribution in [-0.4, -0.2) is 38.3 Å². The van der Waals surface area contributed by atoms with Gasteiger partial charge in [-0.3, -0.25) is 4.79 Å². The van der Waals surface area contributed by atoms with Gasteiger partial charge in [-0.25, -0.2) is 12.7 Å². The van der Waals surface area contributed by atoms with E-state index in [1.54, 1.807) is 4.31 Å². The third kappa shape index (κ3) is 6.03. The van der Waals surface area contributed by atoms with Crippen LogP contribution < -0.4 is 5.32 Å². The van der Waals surface area contributed by atoms with Gasteiger partial charge in [-0.1, -0.05) is 47.3 Å². The summed E-state index contributed by atoms with van der Waals surface area (Å²) in [5.41, 5.74) is 0.783. The average molecular weight is 457 g/mol. The van der Waals surface area contributed by atoms with Crippen molar-refractivity contribution in [2.45, 2.75) is 50.7 Å². The Hall–Kier alpha value is -0.920. The fourth-order valence-corrected chi connectivity index (χ4v) is 5.89. The second-order valence-corrected chi connectivity index (χ2v) is 10.7. The minimum atomic E-state index is -3.34. The quantitative estimate of drug-likeness (QED) is 0.709. The van der Waals surface area contributed by atoms with Crippen LogP contribution in [0.15, 0.2) is 28.7 Å². The summed E-state index contributed by atoms with van der Waals surface area (Å²) in [5.74, 6) is 0.672. The molecule has 1 saturated carbocycles. The fourth-order valence-electron chi connectivity index (χ4n) is 4.06. The first kappa shape index (κ1) is 20.8. The van der Waals surface area contributed by atoms with Gasteiger partial charge in [0.05, 0.1) is 5.75 Å². The van der Waals surface area contributed by atoms with Crippen molar-refractivity contribution in [2.24, 2.45) is 11.8 Å². The van der Waals surface area contributed by atoms with E-state index in [0.29, 0.717) is 31.8 Å². The van der Waals surface area contributed by atoms with Gasteiger partial charge in [0, 0.05) is 30.0 Å². The lowest BCUT2D eigenvalue weighted by molar-refractivity contribution is -0.126. The number of carbonyl (C=O) groups is 1. The number of halogens is 1. The van der Waals surface area contributed by atoms with E-state index in [-0.39, 0.29) is 17.6 Å². The predicted molar refractivity (Wildman–Crippen MR) is 111 cm³/mol. The highest BCUT2D eigenvalue weighted by Gasteiger charge is 2.31. The summed E-state index contributed by atoms with van der Waals surface area (Å²) < 4.78 is 27.8. The molecule has 0 spiro atoms. The van der Waals surface area contributed by atoms with Gasteiger partial charge in [-0.2, -0.15) is 0 Å². The monoisotopic (exact) mass is 456 g/mol. The van der Waals surface area contributed by atoms with Crippen molar-refractivity contribution in [3.05, 3.63) is 34.3 Å². The van der Waals surface area contributed by atoms with Gasteiger partial charge in [0.15, 0.2) is 0 Å². The molecule has 2 fully saturated rings. The topological polar surface area (TPSA) is 66.5 Å². The molecule has 1 aliphatic carbocycles. The number of rotatable bonds is 6. The van der Waals surface area contributed by atoms with Crippen LogP contribution in [0.25, 0.3) is 0 Å². The number of nitrogens with zero attached hydrogens (tertiary/aromatic N) is 1. The Morgan fingerprint density at radius 2 is 1.67 bits per heavy atom. The number of hydrogen-bond donors (Lipinski definition) is 1. The largest absolute Gasteiger partial charge is 0.356 e. The van der Waals surface area contributed by atoms with Crippen molar-refractivity contribution in [3.63, 3.8) is 0 Å². The number of carbonyl (C=O) groups excluding carboxylic acids is 1. The zero-order valence-corrected chi connectivity index (χ0v) is 18.1. The van der Waals surface area contributed by atoms with Crippen molar-refractivity contribution in [1.82, 2.24) is 9.62 Å². The first-order valence-corrected chi connectivity index (χ1v) is 12.3. The molecule has 7 heteroatoms. The molecule has 1 aliphatic heterocycles. The highest BCUT2D eigenvalue weighted by atomic mass is 79.9. The van der Waals surface area contributed by atoms with E-state index >= 15 is 0 Å². The lowest BCUT2D eigenvalue weighted by Gasteiger charge is -2.31. The van der Waals surface area contributed by atoms with E-state index in [0.717, 1.165) is 16.6 Å². The van der Waals surface area contributed by atoms with Gasteiger partial charge in [0.25, 0.3) is 0 Å². The zero-order valence-electron chi connectivity index (χ0n) is 15.7. The summed E-state index contributed by atoms with van der Waals surface area (Å²) in [6, 6.07) is 7.36. The van der Waals surface area contributed by atoms with Crippen molar-refractivity contribution in [3.8, 4) is 0 Å². The molecule has 1 aromatic carbocycles. The molecule has 5 nitrogen and oxygen atoms in total. The molecule has 3 rings (SSSR count). The molecule has 1 aromatic rings. The van der Waals surface area contributed by atoms with E-state index in [1.165, 1.54) is 32.1 Å². The minimum Gasteiger partial charge on any atom is -0.356 e. The third-order valence-corrected chi connectivity index (χ3v) is 8.15. The van der Waals surface area contributed by atoms with Crippen LogP contribution in [0.2, 0.25) is 0 Å². The maximum Gasteiger partial charge on any atom is 0.223 e. The Labute approximate surface area is 171 Å². The van der Waals surface area contributed by atoms with Gasteiger partial charge >= 0.3 is 0 Å².